The molecule has 0 saturated heterocycles. The Morgan fingerprint density at radius 3 is 2.84 bits per heavy atom. The lowest BCUT2D eigenvalue weighted by Gasteiger charge is -2.08. The van der Waals surface area contributed by atoms with Crippen molar-refractivity contribution >= 4 is 33.8 Å². The van der Waals surface area contributed by atoms with E-state index in [9.17, 15) is 0 Å². The molecule has 0 aliphatic rings. The predicted molar refractivity (Wildman–Crippen MR) is 80.0 cm³/mol. The number of nitrogens with zero attached hydrogens (tertiary/aromatic N) is 1. The number of thiophene rings is 1. The average molecular weight is 290 g/mol. The Bertz CT molecular complexity index is 682. The average Bonchev–Trinajstić information content (AvgIpc) is 2.97. The number of hydrogen-bond donors (Lipinski definition) is 0. The van der Waals surface area contributed by atoms with E-state index in [0.717, 1.165) is 16.5 Å². The largest absolute Gasteiger partial charge is 0.472 e. The van der Waals surface area contributed by atoms with Crippen molar-refractivity contribution in [2.24, 2.45) is 0 Å². The number of ether oxygens (including phenoxy) is 1. The van der Waals surface area contributed by atoms with E-state index >= 15 is 0 Å². The monoisotopic (exact) mass is 289 g/mol. The summed E-state index contributed by atoms with van der Waals surface area (Å²) in [7, 11) is 0. The summed E-state index contributed by atoms with van der Waals surface area (Å²) in [6, 6.07) is 14.0. The fraction of sp³-hybridized carbons (Fsp3) is 0.133. The van der Waals surface area contributed by atoms with Gasteiger partial charge in [0.2, 0.25) is 5.88 Å². The summed E-state index contributed by atoms with van der Waals surface area (Å²) in [6.07, 6.45) is 0. The van der Waals surface area contributed by atoms with Gasteiger partial charge in [0.1, 0.15) is 6.61 Å². The SMILES string of the molecule is ClCc1cc(OCc2cccs2)nc2ccccc12. The van der Waals surface area contributed by atoms with Crippen molar-refractivity contribution in [1.29, 1.82) is 0 Å². The third-order valence-electron chi connectivity index (χ3n) is 2.86. The van der Waals surface area contributed by atoms with Crippen molar-refractivity contribution in [3.63, 3.8) is 0 Å². The van der Waals surface area contributed by atoms with Gasteiger partial charge in [0.25, 0.3) is 0 Å². The summed E-state index contributed by atoms with van der Waals surface area (Å²) in [6.45, 7) is 0.546. The van der Waals surface area contributed by atoms with Gasteiger partial charge in [0, 0.05) is 22.2 Å². The minimum atomic E-state index is 0.457. The van der Waals surface area contributed by atoms with Gasteiger partial charge in [-0.3, -0.25) is 0 Å². The molecule has 2 heterocycles. The molecule has 0 aliphatic carbocycles. The molecule has 0 unspecified atom stereocenters. The number of halogens is 1. The summed E-state index contributed by atoms with van der Waals surface area (Å²) in [5, 5.41) is 3.12. The summed E-state index contributed by atoms with van der Waals surface area (Å²) in [5.41, 5.74) is 1.97. The van der Waals surface area contributed by atoms with Crippen LogP contribution in [0.1, 0.15) is 10.4 Å². The van der Waals surface area contributed by atoms with Crippen LogP contribution in [0.25, 0.3) is 10.9 Å². The zero-order chi connectivity index (χ0) is 13.1. The highest BCUT2D eigenvalue weighted by Crippen LogP contribution is 2.24. The summed E-state index contributed by atoms with van der Waals surface area (Å²) in [4.78, 5) is 5.69. The quantitative estimate of drug-likeness (QED) is 0.654. The number of hydrogen-bond acceptors (Lipinski definition) is 3. The molecule has 0 spiro atoms. The lowest BCUT2D eigenvalue weighted by molar-refractivity contribution is 0.298. The van der Waals surface area contributed by atoms with E-state index in [1.807, 2.05) is 47.8 Å². The Labute approximate surface area is 120 Å². The van der Waals surface area contributed by atoms with Crippen LogP contribution in [0, 0.1) is 0 Å². The Hall–Kier alpha value is -1.58. The third kappa shape index (κ3) is 2.72. The Morgan fingerprint density at radius 1 is 1.16 bits per heavy atom. The molecule has 0 bridgehead atoms. The van der Waals surface area contributed by atoms with E-state index in [1.165, 1.54) is 4.88 Å². The molecule has 0 amide bonds. The maximum absolute atomic E-state index is 6.00. The molecule has 19 heavy (non-hydrogen) atoms. The summed E-state index contributed by atoms with van der Waals surface area (Å²) < 4.78 is 5.74. The topological polar surface area (TPSA) is 22.1 Å². The fourth-order valence-electron chi connectivity index (χ4n) is 1.94. The lowest BCUT2D eigenvalue weighted by Crippen LogP contribution is -1.97. The first-order valence-electron chi connectivity index (χ1n) is 5.96. The number of fused-ring (bicyclic) bond motifs is 1. The molecule has 0 saturated carbocycles. The van der Waals surface area contributed by atoms with Crippen LogP contribution in [0.15, 0.2) is 47.8 Å². The van der Waals surface area contributed by atoms with Gasteiger partial charge in [-0.25, -0.2) is 4.98 Å². The number of benzene rings is 1. The number of rotatable bonds is 4. The zero-order valence-electron chi connectivity index (χ0n) is 10.2. The van der Waals surface area contributed by atoms with E-state index in [0.29, 0.717) is 18.4 Å². The van der Waals surface area contributed by atoms with Gasteiger partial charge < -0.3 is 4.74 Å². The van der Waals surface area contributed by atoms with Crippen LogP contribution in [0.4, 0.5) is 0 Å². The molecular weight excluding hydrogens is 278 g/mol. The molecule has 2 aromatic heterocycles. The number of pyridine rings is 1. The Morgan fingerprint density at radius 2 is 2.05 bits per heavy atom. The highest BCUT2D eigenvalue weighted by molar-refractivity contribution is 7.09. The van der Waals surface area contributed by atoms with Gasteiger partial charge in [0.05, 0.1) is 5.52 Å². The maximum Gasteiger partial charge on any atom is 0.214 e. The van der Waals surface area contributed by atoms with Crippen LogP contribution in [-0.4, -0.2) is 4.98 Å². The van der Waals surface area contributed by atoms with Crippen molar-refractivity contribution in [3.8, 4) is 5.88 Å². The molecule has 0 fully saturated rings. The zero-order valence-corrected chi connectivity index (χ0v) is 11.7. The van der Waals surface area contributed by atoms with Crippen molar-refractivity contribution in [2.45, 2.75) is 12.5 Å². The lowest BCUT2D eigenvalue weighted by atomic mass is 10.1. The van der Waals surface area contributed by atoms with E-state index in [1.54, 1.807) is 11.3 Å². The van der Waals surface area contributed by atoms with Gasteiger partial charge in [0.15, 0.2) is 0 Å². The van der Waals surface area contributed by atoms with E-state index in [2.05, 4.69) is 4.98 Å². The first-order valence-corrected chi connectivity index (χ1v) is 7.38. The van der Waals surface area contributed by atoms with Gasteiger partial charge in [-0.1, -0.05) is 24.3 Å². The van der Waals surface area contributed by atoms with E-state index in [4.69, 9.17) is 16.3 Å². The van der Waals surface area contributed by atoms with E-state index in [-0.39, 0.29) is 0 Å². The van der Waals surface area contributed by atoms with Crippen molar-refractivity contribution < 1.29 is 4.74 Å². The fourth-order valence-corrected chi connectivity index (χ4v) is 2.78. The second kappa shape index (κ2) is 5.59. The molecule has 0 N–H and O–H groups in total. The summed E-state index contributed by atoms with van der Waals surface area (Å²) >= 11 is 7.67. The molecule has 3 rings (SSSR count). The van der Waals surface area contributed by atoms with Crippen molar-refractivity contribution in [1.82, 2.24) is 4.98 Å². The predicted octanol–water partition coefficient (Wildman–Crippen LogP) is 4.61. The highest BCUT2D eigenvalue weighted by atomic mass is 35.5. The van der Waals surface area contributed by atoms with Gasteiger partial charge in [-0.05, 0) is 23.1 Å². The molecule has 1 aromatic carbocycles. The van der Waals surface area contributed by atoms with Crippen LogP contribution >= 0.6 is 22.9 Å². The highest BCUT2D eigenvalue weighted by Gasteiger charge is 2.06. The van der Waals surface area contributed by atoms with Gasteiger partial charge >= 0.3 is 0 Å². The minimum Gasteiger partial charge on any atom is -0.472 e. The molecular formula is C15H12ClNOS. The third-order valence-corrected chi connectivity index (χ3v) is 4.00. The second-order valence-electron chi connectivity index (χ2n) is 4.14. The Balaban J connectivity index is 1.91. The van der Waals surface area contributed by atoms with Gasteiger partial charge in [-0.2, -0.15) is 0 Å². The smallest absolute Gasteiger partial charge is 0.214 e. The summed E-state index contributed by atoms with van der Waals surface area (Å²) in [5.74, 6) is 1.08. The second-order valence-corrected chi connectivity index (χ2v) is 5.44. The first-order chi connectivity index (χ1) is 9.36. The molecule has 4 heteroatoms. The van der Waals surface area contributed by atoms with Crippen LogP contribution in [0.3, 0.4) is 0 Å². The molecule has 0 atom stereocenters. The van der Waals surface area contributed by atoms with Crippen molar-refractivity contribution in [2.75, 3.05) is 0 Å². The molecule has 2 nitrogen and oxygen atoms in total. The minimum absolute atomic E-state index is 0.457. The first kappa shape index (κ1) is 12.5. The number of aromatic nitrogens is 1. The maximum atomic E-state index is 6.00. The van der Waals surface area contributed by atoms with Crippen LogP contribution in [0.5, 0.6) is 5.88 Å². The number of para-hydroxylation sites is 1. The molecule has 96 valence electrons. The van der Waals surface area contributed by atoms with Crippen molar-refractivity contribution in [3.05, 3.63) is 58.3 Å². The van der Waals surface area contributed by atoms with Crippen LogP contribution in [-0.2, 0) is 12.5 Å². The molecule has 0 radical (unpaired) electrons. The standard InChI is InChI=1S/C15H12ClNOS/c16-9-11-8-15(18-10-12-4-3-7-19-12)17-14-6-2-1-5-13(11)14/h1-8H,9-10H2. The number of alkyl halides is 1. The Kier molecular flexibility index (Phi) is 3.67. The molecule has 0 aliphatic heterocycles. The molecule has 3 aromatic rings. The normalized spacial score (nSPS) is 10.8. The van der Waals surface area contributed by atoms with Crippen LogP contribution in [0.2, 0.25) is 0 Å². The van der Waals surface area contributed by atoms with Gasteiger partial charge in [-0.15, -0.1) is 22.9 Å². The van der Waals surface area contributed by atoms with E-state index < -0.39 is 0 Å². The van der Waals surface area contributed by atoms with Crippen LogP contribution < -0.4 is 4.74 Å².